The fourth-order valence-corrected chi connectivity index (χ4v) is 2.15. The number of carbonyl (C=O) groups excluding carboxylic acids is 1. The SMILES string of the molecule is CCOc1ncccc1C(=O)N[C@@H](C)c1cccc(Cl)c1. The zero-order valence-electron chi connectivity index (χ0n) is 12.0. The van der Waals surface area contributed by atoms with Crippen molar-refractivity contribution in [1.82, 2.24) is 10.3 Å². The van der Waals surface area contributed by atoms with Gasteiger partial charge in [-0.25, -0.2) is 4.98 Å². The van der Waals surface area contributed by atoms with E-state index in [1.807, 2.05) is 32.0 Å². The number of aromatic nitrogens is 1. The Morgan fingerprint density at radius 2 is 2.19 bits per heavy atom. The first-order valence-electron chi connectivity index (χ1n) is 6.76. The maximum absolute atomic E-state index is 12.3. The van der Waals surface area contributed by atoms with Gasteiger partial charge in [0.25, 0.3) is 5.91 Å². The number of amides is 1. The van der Waals surface area contributed by atoms with Gasteiger partial charge in [-0.05, 0) is 43.7 Å². The van der Waals surface area contributed by atoms with E-state index in [-0.39, 0.29) is 11.9 Å². The molecule has 1 aromatic carbocycles. The van der Waals surface area contributed by atoms with Crippen molar-refractivity contribution in [2.45, 2.75) is 19.9 Å². The number of hydrogen-bond acceptors (Lipinski definition) is 3. The van der Waals surface area contributed by atoms with Gasteiger partial charge in [0.1, 0.15) is 5.56 Å². The van der Waals surface area contributed by atoms with E-state index in [0.29, 0.717) is 23.1 Å². The Labute approximate surface area is 129 Å². The second-order valence-electron chi connectivity index (χ2n) is 4.54. The van der Waals surface area contributed by atoms with E-state index < -0.39 is 0 Å². The third-order valence-corrected chi connectivity index (χ3v) is 3.23. The molecular formula is C16H17ClN2O2. The number of nitrogens with one attached hydrogen (secondary N) is 1. The molecule has 0 aliphatic rings. The molecule has 1 amide bonds. The van der Waals surface area contributed by atoms with Gasteiger partial charge in [0.15, 0.2) is 0 Å². The van der Waals surface area contributed by atoms with Crippen molar-refractivity contribution >= 4 is 17.5 Å². The minimum absolute atomic E-state index is 0.161. The summed E-state index contributed by atoms with van der Waals surface area (Å²) in [6.45, 7) is 4.21. The molecule has 110 valence electrons. The maximum atomic E-state index is 12.3. The van der Waals surface area contributed by atoms with E-state index in [2.05, 4.69) is 10.3 Å². The van der Waals surface area contributed by atoms with Gasteiger partial charge in [0.2, 0.25) is 5.88 Å². The summed E-state index contributed by atoms with van der Waals surface area (Å²) in [5.41, 5.74) is 1.37. The molecule has 0 bridgehead atoms. The lowest BCUT2D eigenvalue weighted by atomic mass is 10.1. The molecule has 0 unspecified atom stereocenters. The number of ether oxygens (including phenoxy) is 1. The molecule has 0 aliphatic heterocycles. The number of carbonyl (C=O) groups is 1. The minimum atomic E-state index is -0.223. The molecule has 1 heterocycles. The van der Waals surface area contributed by atoms with E-state index in [9.17, 15) is 4.79 Å². The van der Waals surface area contributed by atoms with Crippen molar-refractivity contribution in [3.8, 4) is 5.88 Å². The van der Waals surface area contributed by atoms with E-state index >= 15 is 0 Å². The smallest absolute Gasteiger partial charge is 0.257 e. The predicted molar refractivity (Wildman–Crippen MR) is 82.7 cm³/mol. The Kier molecular flexibility index (Phi) is 5.17. The van der Waals surface area contributed by atoms with E-state index in [4.69, 9.17) is 16.3 Å². The molecular weight excluding hydrogens is 288 g/mol. The summed E-state index contributed by atoms with van der Waals surface area (Å²) in [6.07, 6.45) is 1.60. The monoisotopic (exact) mass is 304 g/mol. The summed E-state index contributed by atoms with van der Waals surface area (Å²) >= 11 is 5.97. The van der Waals surface area contributed by atoms with Crippen LogP contribution in [0.15, 0.2) is 42.6 Å². The van der Waals surface area contributed by atoms with Crippen LogP contribution in [-0.2, 0) is 0 Å². The zero-order valence-corrected chi connectivity index (χ0v) is 12.7. The van der Waals surface area contributed by atoms with Gasteiger partial charge in [-0.15, -0.1) is 0 Å². The molecule has 21 heavy (non-hydrogen) atoms. The summed E-state index contributed by atoms with van der Waals surface area (Å²) in [6, 6.07) is 10.7. The summed E-state index contributed by atoms with van der Waals surface area (Å²) in [7, 11) is 0. The molecule has 1 atom stereocenters. The molecule has 0 spiro atoms. The van der Waals surface area contributed by atoms with Crippen LogP contribution < -0.4 is 10.1 Å². The number of nitrogens with zero attached hydrogens (tertiary/aromatic N) is 1. The fourth-order valence-electron chi connectivity index (χ4n) is 1.95. The van der Waals surface area contributed by atoms with Gasteiger partial charge in [0, 0.05) is 11.2 Å². The Hall–Kier alpha value is -2.07. The van der Waals surface area contributed by atoms with Gasteiger partial charge in [-0.3, -0.25) is 4.79 Å². The van der Waals surface area contributed by atoms with Crippen LogP contribution in [0.4, 0.5) is 0 Å². The summed E-state index contributed by atoms with van der Waals surface area (Å²) in [4.78, 5) is 16.4. The first kappa shape index (κ1) is 15.3. The van der Waals surface area contributed by atoms with Crippen molar-refractivity contribution < 1.29 is 9.53 Å². The molecule has 1 aromatic heterocycles. The molecule has 0 fully saturated rings. The highest BCUT2D eigenvalue weighted by Crippen LogP contribution is 2.19. The van der Waals surface area contributed by atoms with Crippen molar-refractivity contribution in [3.63, 3.8) is 0 Å². The highest BCUT2D eigenvalue weighted by Gasteiger charge is 2.16. The van der Waals surface area contributed by atoms with Crippen LogP contribution in [0.25, 0.3) is 0 Å². The fraction of sp³-hybridized carbons (Fsp3) is 0.250. The van der Waals surface area contributed by atoms with Crippen LogP contribution in [-0.4, -0.2) is 17.5 Å². The number of benzene rings is 1. The Bertz CT molecular complexity index is 631. The van der Waals surface area contributed by atoms with Gasteiger partial charge in [-0.2, -0.15) is 0 Å². The largest absolute Gasteiger partial charge is 0.477 e. The molecule has 2 rings (SSSR count). The van der Waals surface area contributed by atoms with Crippen molar-refractivity contribution in [3.05, 3.63) is 58.7 Å². The van der Waals surface area contributed by atoms with Crippen LogP contribution in [0.1, 0.15) is 35.8 Å². The lowest BCUT2D eigenvalue weighted by Crippen LogP contribution is -2.27. The third kappa shape index (κ3) is 3.95. The zero-order chi connectivity index (χ0) is 15.2. The van der Waals surface area contributed by atoms with Crippen LogP contribution in [0.5, 0.6) is 5.88 Å². The first-order chi connectivity index (χ1) is 10.1. The standard InChI is InChI=1S/C16H17ClN2O2/c1-3-21-16-14(8-5-9-18-16)15(20)19-11(2)12-6-4-7-13(17)10-12/h4-11H,3H2,1-2H3,(H,19,20)/t11-/m0/s1. The number of pyridine rings is 1. The van der Waals surface area contributed by atoms with Gasteiger partial charge < -0.3 is 10.1 Å². The molecule has 2 aromatic rings. The average Bonchev–Trinajstić information content (AvgIpc) is 2.48. The van der Waals surface area contributed by atoms with Crippen LogP contribution in [0.3, 0.4) is 0 Å². The molecule has 0 saturated carbocycles. The molecule has 4 nitrogen and oxygen atoms in total. The Morgan fingerprint density at radius 1 is 1.38 bits per heavy atom. The Morgan fingerprint density at radius 3 is 2.90 bits per heavy atom. The number of halogens is 1. The van der Waals surface area contributed by atoms with Crippen LogP contribution >= 0.6 is 11.6 Å². The lowest BCUT2D eigenvalue weighted by Gasteiger charge is -2.15. The molecule has 1 N–H and O–H groups in total. The summed E-state index contributed by atoms with van der Waals surface area (Å²) in [5.74, 6) is 0.120. The van der Waals surface area contributed by atoms with Gasteiger partial charge >= 0.3 is 0 Å². The van der Waals surface area contributed by atoms with Crippen molar-refractivity contribution in [2.75, 3.05) is 6.61 Å². The second-order valence-corrected chi connectivity index (χ2v) is 4.98. The third-order valence-electron chi connectivity index (χ3n) is 2.99. The van der Waals surface area contributed by atoms with Gasteiger partial charge in [-0.1, -0.05) is 23.7 Å². The lowest BCUT2D eigenvalue weighted by molar-refractivity contribution is 0.0935. The molecule has 0 saturated heterocycles. The van der Waals surface area contributed by atoms with Crippen LogP contribution in [0, 0.1) is 0 Å². The van der Waals surface area contributed by atoms with E-state index in [1.54, 1.807) is 24.4 Å². The van der Waals surface area contributed by atoms with E-state index in [0.717, 1.165) is 5.56 Å². The maximum Gasteiger partial charge on any atom is 0.257 e. The van der Waals surface area contributed by atoms with Gasteiger partial charge in [0.05, 0.1) is 12.6 Å². The van der Waals surface area contributed by atoms with Crippen molar-refractivity contribution in [1.29, 1.82) is 0 Å². The first-order valence-corrected chi connectivity index (χ1v) is 7.13. The predicted octanol–water partition coefficient (Wildman–Crippen LogP) is 3.62. The molecule has 0 aliphatic carbocycles. The highest BCUT2D eigenvalue weighted by atomic mass is 35.5. The number of hydrogen-bond donors (Lipinski definition) is 1. The van der Waals surface area contributed by atoms with Crippen molar-refractivity contribution in [2.24, 2.45) is 0 Å². The topological polar surface area (TPSA) is 51.2 Å². The number of rotatable bonds is 5. The quantitative estimate of drug-likeness (QED) is 0.918. The van der Waals surface area contributed by atoms with Crippen LogP contribution in [0.2, 0.25) is 5.02 Å². The summed E-state index contributed by atoms with van der Waals surface area (Å²) < 4.78 is 5.37. The average molecular weight is 305 g/mol. The normalized spacial score (nSPS) is 11.8. The highest BCUT2D eigenvalue weighted by molar-refractivity contribution is 6.30. The Balaban J connectivity index is 2.14. The minimum Gasteiger partial charge on any atom is -0.477 e. The van der Waals surface area contributed by atoms with E-state index in [1.165, 1.54) is 0 Å². The molecule has 5 heteroatoms. The second kappa shape index (κ2) is 7.09. The molecule has 0 radical (unpaired) electrons. The summed E-state index contributed by atoms with van der Waals surface area (Å²) in [5, 5.41) is 3.56.